The van der Waals surface area contributed by atoms with Crippen molar-refractivity contribution in [2.24, 2.45) is 0 Å². The Hall–Kier alpha value is -0.920. The Morgan fingerprint density at radius 2 is 1.21 bits per heavy atom. The largest absolute Gasteiger partial charge is 0.391 e. The summed E-state index contributed by atoms with van der Waals surface area (Å²) >= 11 is 0. The van der Waals surface area contributed by atoms with E-state index in [2.05, 4.69) is 4.74 Å². The maximum Gasteiger partial charge on any atom is 0.384 e. The summed E-state index contributed by atoms with van der Waals surface area (Å²) in [6, 6.07) is 0. The standard InChI is InChI=1S/C10H10F12O2/c1-4(23)2-24-3-6(13,14)8(17,18)10(21,22)9(19,20)7(15,16)5(11)12/h4-5,23H,2-3H2,1H3. The molecule has 0 aliphatic rings. The number of ether oxygens (including phenoxy) is 1. The predicted molar refractivity (Wildman–Crippen MR) is 53.2 cm³/mol. The first-order valence-electron chi connectivity index (χ1n) is 5.79. The van der Waals surface area contributed by atoms with Gasteiger partial charge in [-0.25, -0.2) is 8.78 Å². The van der Waals surface area contributed by atoms with Crippen LogP contribution in [0.3, 0.4) is 0 Å². The van der Waals surface area contributed by atoms with Crippen LogP contribution in [0.25, 0.3) is 0 Å². The summed E-state index contributed by atoms with van der Waals surface area (Å²) in [6.07, 6.45) is -7.08. The van der Waals surface area contributed by atoms with Gasteiger partial charge in [-0.05, 0) is 6.92 Å². The van der Waals surface area contributed by atoms with Crippen LogP contribution in [0.1, 0.15) is 6.92 Å². The van der Waals surface area contributed by atoms with Gasteiger partial charge in [0.25, 0.3) is 0 Å². The van der Waals surface area contributed by atoms with Crippen LogP contribution in [-0.2, 0) is 4.74 Å². The number of hydrogen-bond donors (Lipinski definition) is 1. The van der Waals surface area contributed by atoms with E-state index in [1.165, 1.54) is 0 Å². The highest BCUT2D eigenvalue weighted by molar-refractivity contribution is 5.09. The molecule has 0 aromatic rings. The first kappa shape index (κ1) is 23.1. The van der Waals surface area contributed by atoms with Gasteiger partial charge < -0.3 is 9.84 Å². The molecule has 1 N–H and O–H groups in total. The molecule has 0 radical (unpaired) electrons. The predicted octanol–water partition coefficient (Wildman–Crippen LogP) is 3.83. The van der Waals surface area contributed by atoms with Crippen molar-refractivity contribution in [3.05, 3.63) is 0 Å². The van der Waals surface area contributed by atoms with E-state index in [-0.39, 0.29) is 0 Å². The summed E-state index contributed by atoms with van der Waals surface area (Å²) in [7, 11) is 0. The van der Waals surface area contributed by atoms with Gasteiger partial charge in [0, 0.05) is 0 Å². The third-order valence-corrected chi connectivity index (χ3v) is 2.58. The number of aliphatic hydroxyl groups excluding tert-OH is 1. The topological polar surface area (TPSA) is 29.5 Å². The molecule has 1 unspecified atom stereocenters. The van der Waals surface area contributed by atoms with Gasteiger partial charge in [-0.3, -0.25) is 0 Å². The lowest BCUT2D eigenvalue weighted by Gasteiger charge is -2.39. The minimum Gasteiger partial charge on any atom is -0.391 e. The molecule has 0 aromatic heterocycles. The van der Waals surface area contributed by atoms with Crippen molar-refractivity contribution in [3.8, 4) is 0 Å². The molecule has 0 rings (SSSR count). The van der Waals surface area contributed by atoms with E-state index in [0.29, 0.717) is 0 Å². The van der Waals surface area contributed by atoms with Crippen LogP contribution in [0, 0.1) is 0 Å². The first-order chi connectivity index (χ1) is 10.4. The Kier molecular flexibility index (Phi) is 6.51. The summed E-state index contributed by atoms with van der Waals surface area (Å²) in [4.78, 5) is 0. The molecule has 2 nitrogen and oxygen atoms in total. The van der Waals surface area contributed by atoms with Gasteiger partial charge in [0.2, 0.25) is 0 Å². The molecule has 0 amide bonds. The van der Waals surface area contributed by atoms with Gasteiger partial charge in [-0.1, -0.05) is 0 Å². The minimum atomic E-state index is -7.56. The van der Waals surface area contributed by atoms with Gasteiger partial charge in [-0.2, -0.15) is 43.9 Å². The Bertz CT molecular complexity index is 420. The summed E-state index contributed by atoms with van der Waals surface area (Å²) in [5.74, 6) is -35.4. The molecule has 0 heterocycles. The van der Waals surface area contributed by atoms with E-state index in [4.69, 9.17) is 5.11 Å². The zero-order chi connectivity index (χ0) is 19.8. The maximum absolute atomic E-state index is 13.1. The average Bonchev–Trinajstić information content (AvgIpc) is 2.36. The van der Waals surface area contributed by atoms with Crippen molar-refractivity contribution >= 4 is 0 Å². The van der Waals surface area contributed by atoms with Crippen LogP contribution < -0.4 is 0 Å². The third-order valence-electron chi connectivity index (χ3n) is 2.58. The zero-order valence-corrected chi connectivity index (χ0v) is 11.5. The number of aliphatic hydroxyl groups is 1. The highest BCUT2D eigenvalue weighted by atomic mass is 19.4. The molecule has 24 heavy (non-hydrogen) atoms. The van der Waals surface area contributed by atoms with Crippen LogP contribution in [-0.4, -0.2) is 60.5 Å². The second-order valence-corrected chi connectivity index (χ2v) is 4.72. The van der Waals surface area contributed by atoms with Crippen molar-refractivity contribution in [3.63, 3.8) is 0 Å². The summed E-state index contributed by atoms with van der Waals surface area (Å²) < 4.78 is 156. The van der Waals surface area contributed by atoms with Crippen molar-refractivity contribution in [1.29, 1.82) is 0 Å². The van der Waals surface area contributed by atoms with Crippen molar-refractivity contribution in [2.75, 3.05) is 13.2 Å². The van der Waals surface area contributed by atoms with Crippen molar-refractivity contribution in [2.45, 2.75) is 49.1 Å². The van der Waals surface area contributed by atoms with Crippen LogP contribution in [0.5, 0.6) is 0 Å². The quantitative estimate of drug-likeness (QED) is 0.607. The Labute approximate surface area is 126 Å². The molecule has 14 heteroatoms. The monoisotopic (exact) mass is 390 g/mol. The third kappa shape index (κ3) is 3.68. The van der Waals surface area contributed by atoms with E-state index < -0.39 is 55.4 Å². The van der Waals surface area contributed by atoms with Crippen LogP contribution in [0.4, 0.5) is 52.7 Å². The molecule has 1 atom stereocenters. The fourth-order valence-electron chi connectivity index (χ4n) is 1.22. The molecule has 0 saturated heterocycles. The van der Waals surface area contributed by atoms with Gasteiger partial charge in [0.05, 0.1) is 12.7 Å². The molecular weight excluding hydrogens is 380 g/mol. The fourth-order valence-corrected chi connectivity index (χ4v) is 1.22. The minimum absolute atomic E-state index is 0.891. The Morgan fingerprint density at radius 3 is 1.54 bits per heavy atom. The van der Waals surface area contributed by atoms with Crippen molar-refractivity contribution < 1.29 is 62.5 Å². The second-order valence-electron chi connectivity index (χ2n) is 4.72. The Balaban J connectivity index is 5.72. The molecule has 0 fully saturated rings. The first-order valence-corrected chi connectivity index (χ1v) is 5.79. The number of hydrogen-bond acceptors (Lipinski definition) is 2. The van der Waals surface area contributed by atoms with E-state index in [1.807, 2.05) is 0 Å². The lowest BCUT2D eigenvalue weighted by molar-refractivity contribution is -0.415. The average molecular weight is 390 g/mol. The van der Waals surface area contributed by atoms with Gasteiger partial charge >= 0.3 is 36.0 Å². The molecular formula is C10H10F12O2. The molecule has 0 aliphatic carbocycles. The number of rotatable bonds is 9. The van der Waals surface area contributed by atoms with E-state index >= 15 is 0 Å². The van der Waals surface area contributed by atoms with Gasteiger partial charge in [0.1, 0.15) is 6.61 Å². The summed E-state index contributed by atoms with van der Waals surface area (Å²) in [5, 5.41) is 8.60. The van der Waals surface area contributed by atoms with Crippen LogP contribution in [0.15, 0.2) is 0 Å². The molecule has 0 saturated carbocycles. The van der Waals surface area contributed by atoms with Crippen LogP contribution >= 0.6 is 0 Å². The van der Waals surface area contributed by atoms with E-state index in [1.54, 1.807) is 0 Å². The second kappa shape index (κ2) is 6.77. The molecule has 0 aromatic carbocycles. The molecule has 146 valence electrons. The highest BCUT2D eigenvalue weighted by Crippen LogP contribution is 2.58. The summed E-state index contributed by atoms with van der Waals surface area (Å²) in [5.41, 5.74) is 0. The molecule has 0 spiro atoms. The van der Waals surface area contributed by atoms with Crippen LogP contribution in [0.2, 0.25) is 0 Å². The Morgan fingerprint density at radius 1 is 0.792 bits per heavy atom. The van der Waals surface area contributed by atoms with E-state index in [9.17, 15) is 52.7 Å². The van der Waals surface area contributed by atoms with Crippen molar-refractivity contribution in [1.82, 2.24) is 0 Å². The fraction of sp³-hybridized carbons (Fsp3) is 1.00. The van der Waals surface area contributed by atoms with Gasteiger partial charge in [0.15, 0.2) is 0 Å². The van der Waals surface area contributed by atoms with Gasteiger partial charge in [-0.15, -0.1) is 0 Å². The number of halogens is 12. The maximum atomic E-state index is 13.1. The SMILES string of the molecule is CC(O)COCC(F)(F)C(F)(F)C(F)(F)C(F)(F)C(F)(F)C(F)F. The smallest absolute Gasteiger partial charge is 0.384 e. The lowest BCUT2D eigenvalue weighted by Crippen LogP contribution is -2.69. The summed E-state index contributed by atoms with van der Waals surface area (Å²) in [6.45, 7) is -2.89. The number of alkyl halides is 12. The molecule has 0 aliphatic heterocycles. The lowest BCUT2D eigenvalue weighted by atomic mass is 9.94. The normalized spacial score (nSPS) is 16.6. The molecule has 0 bridgehead atoms. The van der Waals surface area contributed by atoms with E-state index in [0.717, 1.165) is 6.92 Å². The highest BCUT2D eigenvalue weighted by Gasteiger charge is 2.87. The zero-order valence-electron chi connectivity index (χ0n) is 11.5.